The number of hydrogen-bond donors (Lipinski definition) is 0. The number of fused-ring (bicyclic) bond motifs is 5. The molecule has 4 unspecified atom stereocenters. The van der Waals surface area contributed by atoms with Gasteiger partial charge in [-0.15, -0.1) is 0 Å². The summed E-state index contributed by atoms with van der Waals surface area (Å²) in [6.07, 6.45) is 13.6. The molecule has 0 aromatic carbocycles. The molecule has 4 fully saturated rings. The third-order valence-corrected chi connectivity index (χ3v) is 10.4. The molecule has 0 spiro atoms. The summed E-state index contributed by atoms with van der Waals surface area (Å²) in [5.74, 6) is 3.34. The van der Waals surface area contributed by atoms with Crippen LogP contribution in [0.1, 0.15) is 91.9 Å². The second-order valence-corrected chi connectivity index (χ2v) is 11.5. The van der Waals surface area contributed by atoms with Crippen LogP contribution in [0.4, 0.5) is 0 Å². The van der Waals surface area contributed by atoms with Crippen molar-refractivity contribution in [2.24, 2.45) is 46.3 Å². The third kappa shape index (κ3) is 3.21. The number of allylic oxidation sites excluding steroid dienone is 2. The lowest BCUT2D eigenvalue weighted by atomic mass is 9.43. The Balaban J connectivity index is 1.61. The minimum atomic E-state index is -0.0956. The summed E-state index contributed by atoms with van der Waals surface area (Å²) in [6.45, 7) is 9.43. The van der Waals surface area contributed by atoms with Crippen LogP contribution in [-0.2, 0) is 14.3 Å². The van der Waals surface area contributed by atoms with Crippen LogP contribution in [0.15, 0.2) is 11.6 Å². The number of hydrogen-bond acceptors (Lipinski definition) is 3. The Kier molecular flexibility index (Phi) is 5.96. The number of carbonyl (C=O) groups is 2. The van der Waals surface area contributed by atoms with E-state index in [4.69, 9.17) is 4.74 Å². The number of rotatable bonds is 4. The summed E-state index contributed by atoms with van der Waals surface area (Å²) < 4.78 is 4.88. The fraction of sp³-hybridized carbons (Fsp3) is 0.852. The van der Waals surface area contributed by atoms with E-state index in [2.05, 4.69) is 33.8 Å². The number of esters is 1. The van der Waals surface area contributed by atoms with Crippen molar-refractivity contribution in [3.63, 3.8) is 0 Å². The molecule has 4 aliphatic carbocycles. The predicted molar refractivity (Wildman–Crippen MR) is 120 cm³/mol. The summed E-state index contributed by atoms with van der Waals surface area (Å²) in [7, 11) is 1.48. The van der Waals surface area contributed by atoms with Crippen molar-refractivity contribution in [3.05, 3.63) is 11.6 Å². The molecule has 0 heterocycles. The topological polar surface area (TPSA) is 43.4 Å². The second kappa shape index (κ2) is 8.10. The van der Waals surface area contributed by atoms with Gasteiger partial charge in [0.05, 0.1) is 7.11 Å². The molecule has 0 aliphatic heterocycles. The molecule has 4 saturated carbocycles. The van der Waals surface area contributed by atoms with Gasteiger partial charge in [0.25, 0.3) is 0 Å². The van der Waals surface area contributed by atoms with Gasteiger partial charge in [0.1, 0.15) is 0 Å². The monoisotopic (exact) mass is 414 g/mol. The van der Waals surface area contributed by atoms with E-state index in [-0.39, 0.29) is 17.3 Å². The van der Waals surface area contributed by atoms with Gasteiger partial charge >= 0.3 is 5.97 Å². The lowest BCUT2D eigenvalue weighted by molar-refractivity contribution is -0.146. The maximum absolute atomic E-state index is 13.9. The lowest BCUT2D eigenvalue weighted by Gasteiger charge is -2.60. The van der Waals surface area contributed by atoms with E-state index in [0.717, 1.165) is 6.42 Å². The van der Waals surface area contributed by atoms with Gasteiger partial charge in [0.15, 0.2) is 5.78 Å². The van der Waals surface area contributed by atoms with Crippen LogP contribution in [0.5, 0.6) is 0 Å². The molecule has 0 N–H and O–H groups in total. The normalized spacial score (nSPS) is 45.4. The smallest absolute Gasteiger partial charge is 0.305 e. The van der Waals surface area contributed by atoms with E-state index in [1.165, 1.54) is 64.0 Å². The van der Waals surface area contributed by atoms with Crippen LogP contribution in [0.2, 0.25) is 0 Å². The Hall–Kier alpha value is -1.12. The number of ketones is 1. The molecule has 0 saturated heterocycles. The SMILES string of the molecule is C/C=C1/C(=O)C2C(CC[C@@]3(C)C2CC[C@@H]3[C@H](C)CCC(=O)OC)[C@@]2(C)CCCCC12. The molecule has 4 rings (SSSR count). The summed E-state index contributed by atoms with van der Waals surface area (Å²) in [5.41, 5.74) is 1.72. The van der Waals surface area contributed by atoms with Gasteiger partial charge in [-0.25, -0.2) is 0 Å². The van der Waals surface area contributed by atoms with Crippen LogP contribution in [0.3, 0.4) is 0 Å². The number of methoxy groups -OCH3 is 1. The van der Waals surface area contributed by atoms with Gasteiger partial charge in [0, 0.05) is 12.3 Å². The van der Waals surface area contributed by atoms with E-state index in [0.29, 0.717) is 47.2 Å². The highest BCUT2D eigenvalue weighted by Gasteiger charge is 2.63. The van der Waals surface area contributed by atoms with Crippen LogP contribution >= 0.6 is 0 Å². The maximum Gasteiger partial charge on any atom is 0.305 e. The number of ether oxygens (including phenoxy) is 1. The minimum absolute atomic E-state index is 0.0956. The van der Waals surface area contributed by atoms with E-state index in [9.17, 15) is 9.59 Å². The van der Waals surface area contributed by atoms with Gasteiger partial charge in [-0.05, 0) is 97.9 Å². The molecule has 168 valence electrons. The summed E-state index contributed by atoms with van der Waals surface area (Å²) in [5, 5.41) is 0. The van der Waals surface area contributed by atoms with Crippen molar-refractivity contribution in [1.29, 1.82) is 0 Å². The fourth-order valence-corrected chi connectivity index (χ4v) is 8.89. The first-order valence-corrected chi connectivity index (χ1v) is 12.5. The average Bonchev–Trinajstić information content (AvgIpc) is 3.09. The van der Waals surface area contributed by atoms with Crippen molar-refractivity contribution in [2.45, 2.75) is 91.9 Å². The van der Waals surface area contributed by atoms with Crippen molar-refractivity contribution in [1.82, 2.24) is 0 Å². The highest BCUT2D eigenvalue weighted by Crippen LogP contribution is 2.68. The molecular formula is C27H42O3. The Morgan fingerprint density at radius 3 is 2.53 bits per heavy atom. The molecule has 0 aromatic rings. The van der Waals surface area contributed by atoms with Crippen molar-refractivity contribution in [3.8, 4) is 0 Å². The standard InChI is InChI=1S/C27H42O3/c1-6-18-20-9-7-8-15-26(20,3)22-14-16-27(4)19(17(2)10-13-23(28)30-5)11-12-21(27)24(22)25(18)29/h6,17,19-22,24H,7-16H2,1-5H3/b18-6+/t17-,19-,20?,21?,22?,24?,26+,27-/m1/s1. The van der Waals surface area contributed by atoms with Crippen molar-refractivity contribution >= 4 is 11.8 Å². The molecule has 3 heteroatoms. The van der Waals surface area contributed by atoms with Gasteiger partial charge in [-0.1, -0.05) is 39.7 Å². The van der Waals surface area contributed by atoms with E-state index >= 15 is 0 Å². The largest absolute Gasteiger partial charge is 0.469 e. The molecule has 0 bridgehead atoms. The van der Waals surface area contributed by atoms with Gasteiger partial charge in [0.2, 0.25) is 0 Å². The lowest BCUT2D eigenvalue weighted by Crippen LogP contribution is -2.57. The summed E-state index contributed by atoms with van der Waals surface area (Å²) in [4.78, 5) is 25.6. The maximum atomic E-state index is 13.9. The van der Waals surface area contributed by atoms with Crippen LogP contribution in [-0.4, -0.2) is 18.9 Å². The van der Waals surface area contributed by atoms with E-state index in [1.54, 1.807) is 0 Å². The highest BCUT2D eigenvalue weighted by atomic mass is 16.5. The Bertz CT molecular complexity index is 724. The Morgan fingerprint density at radius 2 is 1.83 bits per heavy atom. The molecule has 0 amide bonds. The van der Waals surface area contributed by atoms with Crippen molar-refractivity contribution < 1.29 is 14.3 Å². The van der Waals surface area contributed by atoms with Crippen LogP contribution < -0.4 is 0 Å². The molecular weight excluding hydrogens is 372 g/mol. The zero-order valence-electron chi connectivity index (χ0n) is 19.8. The first kappa shape index (κ1) is 22.1. The zero-order valence-corrected chi connectivity index (χ0v) is 19.8. The molecule has 8 atom stereocenters. The minimum Gasteiger partial charge on any atom is -0.469 e. The van der Waals surface area contributed by atoms with Crippen LogP contribution in [0.25, 0.3) is 0 Å². The van der Waals surface area contributed by atoms with E-state index in [1.807, 2.05) is 0 Å². The Morgan fingerprint density at radius 1 is 1.10 bits per heavy atom. The Labute approximate surface area is 183 Å². The quantitative estimate of drug-likeness (QED) is 0.397. The number of Topliss-reactive ketones (excluding diaryl/α,β-unsaturated/α-hetero) is 1. The second-order valence-electron chi connectivity index (χ2n) is 11.5. The molecule has 30 heavy (non-hydrogen) atoms. The van der Waals surface area contributed by atoms with Crippen LogP contribution in [0, 0.1) is 46.3 Å². The fourth-order valence-electron chi connectivity index (χ4n) is 8.89. The highest BCUT2D eigenvalue weighted by molar-refractivity contribution is 5.99. The first-order chi connectivity index (χ1) is 14.3. The van der Waals surface area contributed by atoms with Crippen molar-refractivity contribution in [2.75, 3.05) is 7.11 Å². The predicted octanol–water partition coefficient (Wildman–Crippen LogP) is 6.36. The average molecular weight is 415 g/mol. The van der Waals surface area contributed by atoms with Gasteiger partial charge < -0.3 is 4.74 Å². The van der Waals surface area contributed by atoms with E-state index < -0.39 is 0 Å². The van der Waals surface area contributed by atoms with Gasteiger partial charge in [-0.2, -0.15) is 0 Å². The summed E-state index contributed by atoms with van der Waals surface area (Å²) >= 11 is 0. The zero-order chi connectivity index (χ0) is 21.7. The third-order valence-electron chi connectivity index (χ3n) is 10.4. The molecule has 3 nitrogen and oxygen atoms in total. The number of carbonyl (C=O) groups excluding carboxylic acids is 2. The molecule has 0 radical (unpaired) electrons. The first-order valence-electron chi connectivity index (χ1n) is 12.5. The summed E-state index contributed by atoms with van der Waals surface area (Å²) in [6, 6.07) is 0. The van der Waals surface area contributed by atoms with Gasteiger partial charge in [-0.3, -0.25) is 9.59 Å². The molecule has 4 aliphatic rings. The molecule has 0 aromatic heterocycles.